The lowest BCUT2D eigenvalue weighted by Gasteiger charge is -2.23. The fourth-order valence-corrected chi connectivity index (χ4v) is 4.85. The zero-order valence-electron chi connectivity index (χ0n) is 10.8. The van der Waals surface area contributed by atoms with Crippen molar-refractivity contribution in [1.82, 2.24) is 5.32 Å². The number of hydrogen-bond acceptors (Lipinski definition) is 2. The summed E-state index contributed by atoms with van der Waals surface area (Å²) in [6.07, 6.45) is 8.54. The zero-order chi connectivity index (χ0) is 13.0. The quantitative estimate of drug-likeness (QED) is 0.643. The van der Waals surface area contributed by atoms with E-state index < -0.39 is 0 Å². The van der Waals surface area contributed by atoms with Crippen LogP contribution in [0.4, 0.5) is 0 Å². The van der Waals surface area contributed by atoms with Crippen molar-refractivity contribution in [3.63, 3.8) is 0 Å². The molecule has 0 aromatic carbocycles. The van der Waals surface area contributed by atoms with Gasteiger partial charge in [-0.05, 0) is 63.6 Å². The van der Waals surface area contributed by atoms with Crippen molar-refractivity contribution in [1.29, 1.82) is 0 Å². The Balaban J connectivity index is 1.81. The topological polar surface area (TPSA) is 12.0 Å². The molecule has 1 atom stereocenters. The lowest BCUT2D eigenvalue weighted by atomic mass is 9.93. The molecule has 1 N–H and O–H groups in total. The Kier molecular flexibility index (Phi) is 6.19. The fourth-order valence-electron chi connectivity index (χ4n) is 2.72. The Bertz CT molecular complexity index is 350. The number of nitrogens with one attached hydrogen (secondary N) is 1. The van der Waals surface area contributed by atoms with Crippen molar-refractivity contribution >= 4 is 43.2 Å². The van der Waals surface area contributed by atoms with Crippen LogP contribution in [0.3, 0.4) is 0 Å². The first-order valence-corrected chi connectivity index (χ1v) is 9.24. The van der Waals surface area contributed by atoms with E-state index >= 15 is 0 Å². The summed E-state index contributed by atoms with van der Waals surface area (Å²) >= 11 is 8.91. The molecule has 0 amide bonds. The van der Waals surface area contributed by atoms with Crippen LogP contribution in [0.1, 0.15) is 50.3 Å². The smallest absolute Gasteiger partial charge is 0.0843 e. The third-order valence-electron chi connectivity index (χ3n) is 3.90. The minimum atomic E-state index is 0.641. The molecule has 1 aliphatic rings. The summed E-state index contributed by atoms with van der Waals surface area (Å²) in [5.41, 5.74) is 0. The zero-order valence-corrected chi connectivity index (χ0v) is 14.8. The highest BCUT2D eigenvalue weighted by atomic mass is 79.9. The van der Waals surface area contributed by atoms with E-state index in [9.17, 15) is 0 Å². The van der Waals surface area contributed by atoms with Gasteiger partial charge < -0.3 is 5.32 Å². The third-order valence-corrected chi connectivity index (χ3v) is 7.16. The van der Waals surface area contributed by atoms with Crippen LogP contribution in [0, 0.1) is 5.92 Å². The molecule has 1 nitrogen and oxygen atoms in total. The molecular weight excluding hydrogens is 374 g/mol. The second kappa shape index (κ2) is 7.41. The number of halogens is 2. The average Bonchev–Trinajstić information content (AvgIpc) is 2.60. The van der Waals surface area contributed by atoms with Gasteiger partial charge in [-0.2, -0.15) is 0 Å². The molecule has 1 heterocycles. The maximum Gasteiger partial charge on any atom is 0.0843 e. The number of hydrogen-bond donors (Lipinski definition) is 1. The van der Waals surface area contributed by atoms with E-state index in [-0.39, 0.29) is 0 Å². The first kappa shape index (κ1) is 15.0. The van der Waals surface area contributed by atoms with Gasteiger partial charge in [-0.25, -0.2) is 0 Å². The maximum absolute atomic E-state index is 3.71. The summed E-state index contributed by atoms with van der Waals surface area (Å²) < 4.78 is 2.37. The van der Waals surface area contributed by atoms with Gasteiger partial charge in [0.1, 0.15) is 0 Å². The summed E-state index contributed by atoms with van der Waals surface area (Å²) in [5, 5.41) is 3.71. The van der Waals surface area contributed by atoms with Crippen LogP contribution < -0.4 is 5.32 Å². The largest absolute Gasteiger partial charge is 0.309 e. The maximum atomic E-state index is 3.71. The second-order valence-corrected chi connectivity index (χ2v) is 8.56. The molecule has 0 saturated heterocycles. The normalized spacial score (nSPS) is 19.7. The molecule has 1 aromatic heterocycles. The van der Waals surface area contributed by atoms with Gasteiger partial charge in [0.2, 0.25) is 0 Å². The van der Waals surface area contributed by atoms with Crippen LogP contribution in [-0.2, 0) is 6.54 Å². The van der Waals surface area contributed by atoms with Gasteiger partial charge in [-0.1, -0.05) is 25.7 Å². The summed E-state index contributed by atoms with van der Waals surface area (Å²) in [7, 11) is 0. The predicted octanol–water partition coefficient (Wildman–Crippen LogP) is 5.72. The summed E-state index contributed by atoms with van der Waals surface area (Å²) in [6.45, 7) is 3.35. The molecule has 0 radical (unpaired) electrons. The van der Waals surface area contributed by atoms with Crippen molar-refractivity contribution in [2.45, 2.75) is 58.0 Å². The van der Waals surface area contributed by atoms with Gasteiger partial charge in [0.15, 0.2) is 0 Å². The van der Waals surface area contributed by atoms with E-state index in [2.05, 4.69) is 50.2 Å². The van der Waals surface area contributed by atoms with Crippen LogP contribution >= 0.6 is 43.2 Å². The van der Waals surface area contributed by atoms with E-state index in [4.69, 9.17) is 0 Å². The van der Waals surface area contributed by atoms with Gasteiger partial charge in [-0.15, -0.1) is 11.3 Å². The molecule has 102 valence electrons. The minimum Gasteiger partial charge on any atom is -0.309 e. The second-order valence-electron chi connectivity index (χ2n) is 5.26. The van der Waals surface area contributed by atoms with Crippen LogP contribution in [0.5, 0.6) is 0 Å². The molecule has 1 aliphatic carbocycles. The van der Waals surface area contributed by atoms with Crippen LogP contribution in [0.2, 0.25) is 0 Å². The van der Waals surface area contributed by atoms with Crippen molar-refractivity contribution in [2.24, 2.45) is 5.92 Å². The number of rotatable bonds is 4. The highest BCUT2D eigenvalue weighted by molar-refractivity contribution is 9.13. The summed E-state index contributed by atoms with van der Waals surface area (Å²) in [4.78, 5) is 1.40. The third kappa shape index (κ3) is 4.32. The van der Waals surface area contributed by atoms with Crippen molar-refractivity contribution in [3.05, 3.63) is 19.2 Å². The van der Waals surface area contributed by atoms with Gasteiger partial charge in [0.25, 0.3) is 0 Å². The lowest BCUT2D eigenvalue weighted by Crippen LogP contribution is -2.32. The Morgan fingerprint density at radius 3 is 2.50 bits per heavy atom. The van der Waals surface area contributed by atoms with Crippen LogP contribution in [-0.4, -0.2) is 6.04 Å². The molecule has 1 fully saturated rings. The van der Waals surface area contributed by atoms with E-state index in [0.29, 0.717) is 6.04 Å². The fraction of sp³-hybridized carbons (Fsp3) is 0.714. The molecule has 18 heavy (non-hydrogen) atoms. The van der Waals surface area contributed by atoms with Crippen molar-refractivity contribution in [3.8, 4) is 0 Å². The molecular formula is C14H21Br2NS. The molecule has 0 spiro atoms. The van der Waals surface area contributed by atoms with E-state index in [1.54, 1.807) is 0 Å². The molecule has 1 aromatic rings. The lowest BCUT2D eigenvalue weighted by molar-refractivity contribution is 0.337. The van der Waals surface area contributed by atoms with Crippen LogP contribution in [0.15, 0.2) is 14.3 Å². The molecule has 4 heteroatoms. The Morgan fingerprint density at radius 1 is 1.28 bits per heavy atom. The highest BCUT2D eigenvalue weighted by Crippen LogP contribution is 2.32. The van der Waals surface area contributed by atoms with Crippen LogP contribution in [0.25, 0.3) is 0 Å². The number of thiophene rings is 1. The highest BCUT2D eigenvalue weighted by Gasteiger charge is 2.18. The summed E-state index contributed by atoms with van der Waals surface area (Å²) in [6, 6.07) is 2.85. The standard InChI is InChI=1S/C14H21Br2NS/c1-10(11-6-4-2-3-5-7-11)17-9-12-8-13(15)14(16)18-12/h8,10-11,17H,2-7,9H2,1H3/t10-/m0/s1. The monoisotopic (exact) mass is 393 g/mol. The predicted molar refractivity (Wildman–Crippen MR) is 87.2 cm³/mol. The SMILES string of the molecule is C[C@H](NCc1cc(Br)c(Br)s1)C1CCCCCC1. The minimum absolute atomic E-state index is 0.641. The van der Waals surface area contributed by atoms with Gasteiger partial charge in [0.05, 0.1) is 3.79 Å². The van der Waals surface area contributed by atoms with Gasteiger partial charge in [0, 0.05) is 21.9 Å². The first-order chi connectivity index (χ1) is 8.66. The van der Waals surface area contributed by atoms with Gasteiger partial charge >= 0.3 is 0 Å². The van der Waals surface area contributed by atoms with E-state index in [1.807, 2.05) is 11.3 Å². The van der Waals surface area contributed by atoms with Crippen molar-refractivity contribution in [2.75, 3.05) is 0 Å². The van der Waals surface area contributed by atoms with Gasteiger partial charge in [-0.3, -0.25) is 0 Å². The Hall–Kier alpha value is 0.620. The molecule has 0 bridgehead atoms. The van der Waals surface area contributed by atoms with Crippen molar-refractivity contribution < 1.29 is 0 Å². The Morgan fingerprint density at radius 2 is 1.94 bits per heavy atom. The molecule has 0 aliphatic heterocycles. The molecule has 2 rings (SSSR count). The summed E-state index contributed by atoms with van der Waals surface area (Å²) in [5.74, 6) is 0.874. The Labute approximate surface area is 131 Å². The molecule has 1 saturated carbocycles. The van der Waals surface area contributed by atoms with E-state index in [1.165, 1.54) is 51.7 Å². The van der Waals surface area contributed by atoms with E-state index in [0.717, 1.165) is 12.5 Å². The average molecular weight is 395 g/mol. The molecule has 0 unspecified atom stereocenters. The first-order valence-electron chi connectivity index (χ1n) is 6.84.